The van der Waals surface area contributed by atoms with E-state index in [0.29, 0.717) is 11.8 Å². The molecule has 2 unspecified atom stereocenters. The first-order valence-electron chi connectivity index (χ1n) is 5.92. The Balaban J connectivity index is 2.07. The van der Waals surface area contributed by atoms with Crippen molar-refractivity contribution in [3.8, 4) is 0 Å². The van der Waals surface area contributed by atoms with Crippen LogP contribution < -0.4 is 0 Å². The molecule has 1 saturated heterocycles. The van der Waals surface area contributed by atoms with E-state index in [4.69, 9.17) is 5.11 Å². The molecule has 0 bridgehead atoms. The number of carbonyl (C=O) groups excluding carboxylic acids is 1. The van der Waals surface area contributed by atoms with Crippen LogP contribution in [0.5, 0.6) is 0 Å². The van der Waals surface area contributed by atoms with E-state index in [1.807, 2.05) is 6.92 Å². The molecule has 2 amide bonds. The molecule has 1 heterocycles. The van der Waals surface area contributed by atoms with Crippen LogP contribution in [0.15, 0.2) is 0 Å². The number of amides is 2. The number of hydrogen-bond acceptors (Lipinski definition) is 3. The van der Waals surface area contributed by atoms with Crippen molar-refractivity contribution in [1.29, 1.82) is 0 Å². The molecule has 1 aliphatic heterocycles. The average Bonchev–Trinajstić information content (AvgIpc) is 2.56. The van der Waals surface area contributed by atoms with Crippen molar-refractivity contribution >= 4 is 23.8 Å². The third kappa shape index (κ3) is 2.22. The summed E-state index contributed by atoms with van der Waals surface area (Å²) in [4.78, 5) is 26.6. The second-order valence-electron chi connectivity index (χ2n) is 4.67. The minimum Gasteiger partial charge on any atom is -0.480 e. The molecule has 6 heteroatoms. The number of nitrogens with zero attached hydrogens (tertiary/aromatic N) is 2. The highest BCUT2D eigenvalue weighted by Gasteiger charge is 2.42. The summed E-state index contributed by atoms with van der Waals surface area (Å²) >= 11 is 1.52. The van der Waals surface area contributed by atoms with E-state index in [2.05, 4.69) is 0 Å². The third-order valence-electron chi connectivity index (χ3n) is 3.65. The van der Waals surface area contributed by atoms with Gasteiger partial charge in [-0.05, 0) is 26.2 Å². The van der Waals surface area contributed by atoms with Crippen LogP contribution in [-0.2, 0) is 4.79 Å². The first kappa shape index (κ1) is 12.5. The van der Waals surface area contributed by atoms with Crippen LogP contribution in [0.3, 0.4) is 0 Å². The Morgan fingerprint density at radius 1 is 1.41 bits per heavy atom. The maximum absolute atomic E-state index is 12.3. The third-order valence-corrected chi connectivity index (χ3v) is 4.87. The predicted molar refractivity (Wildman–Crippen MR) is 66.0 cm³/mol. The number of rotatable bonds is 2. The zero-order valence-electron chi connectivity index (χ0n) is 10.1. The monoisotopic (exact) mass is 258 g/mol. The Kier molecular flexibility index (Phi) is 3.51. The fraction of sp³-hybridized carbons (Fsp3) is 0.818. The van der Waals surface area contributed by atoms with Crippen LogP contribution in [0.25, 0.3) is 0 Å². The van der Waals surface area contributed by atoms with Crippen molar-refractivity contribution in [2.24, 2.45) is 0 Å². The standard InChI is InChI=1S/C11H18N2O3S/c1-7-13(9(6-17-7)10(14)15)11(16)12(2)8-4-3-5-8/h7-9H,3-6H2,1-2H3,(H,14,15). The fourth-order valence-electron chi connectivity index (χ4n) is 2.24. The van der Waals surface area contributed by atoms with Gasteiger partial charge in [0, 0.05) is 18.8 Å². The van der Waals surface area contributed by atoms with E-state index < -0.39 is 12.0 Å². The van der Waals surface area contributed by atoms with E-state index in [1.54, 1.807) is 11.9 Å². The molecule has 1 aliphatic carbocycles. The second kappa shape index (κ2) is 4.76. The number of carboxylic acids is 1. The van der Waals surface area contributed by atoms with Crippen LogP contribution in [0.4, 0.5) is 4.79 Å². The van der Waals surface area contributed by atoms with E-state index in [1.165, 1.54) is 16.7 Å². The van der Waals surface area contributed by atoms with Crippen LogP contribution in [0.2, 0.25) is 0 Å². The molecule has 0 aromatic heterocycles. The van der Waals surface area contributed by atoms with Gasteiger partial charge in [0.25, 0.3) is 0 Å². The summed E-state index contributed by atoms with van der Waals surface area (Å²) < 4.78 is 0. The molecule has 96 valence electrons. The van der Waals surface area contributed by atoms with Gasteiger partial charge in [0.15, 0.2) is 0 Å². The van der Waals surface area contributed by atoms with Crippen molar-refractivity contribution in [3.63, 3.8) is 0 Å². The number of aliphatic carboxylic acids is 1. The zero-order valence-corrected chi connectivity index (χ0v) is 10.9. The molecule has 2 fully saturated rings. The first-order chi connectivity index (χ1) is 8.02. The number of thioether (sulfide) groups is 1. The lowest BCUT2D eigenvalue weighted by Crippen LogP contribution is -2.53. The SMILES string of the molecule is CC1SCC(C(=O)O)N1C(=O)N(C)C1CCC1. The molecule has 17 heavy (non-hydrogen) atoms. The maximum atomic E-state index is 12.3. The van der Waals surface area contributed by atoms with Crippen LogP contribution in [0, 0.1) is 0 Å². The Labute approximate surface area is 105 Å². The van der Waals surface area contributed by atoms with Crippen molar-refractivity contribution in [3.05, 3.63) is 0 Å². The summed E-state index contributed by atoms with van der Waals surface area (Å²) in [6, 6.07) is -0.514. The normalized spacial score (nSPS) is 28.9. The summed E-state index contributed by atoms with van der Waals surface area (Å²) in [5.74, 6) is -0.419. The lowest BCUT2D eigenvalue weighted by atomic mass is 9.92. The summed E-state index contributed by atoms with van der Waals surface area (Å²) in [7, 11) is 1.78. The summed E-state index contributed by atoms with van der Waals surface area (Å²) in [6.45, 7) is 1.89. The van der Waals surface area contributed by atoms with Gasteiger partial charge >= 0.3 is 12.0 Å². The topological polar surface area (TPSA) is 60.9 Å². The average molecular weight is 258 g/mol. The molecule has 0 aromatic carbocycles. The number of urea groups is 1. The first-order valence-corrected chi connectivity index (χ1v) is 6.96. The molecule has 5 nitrogen and oxygen atoms in total. The zero-order chi connectivity index (χ0) is 12.6. The molecule has 0 radical (unpaired) electrons. The maximum Gasteiger partial charge on any atom is 0.327 e. The lowest BCUT2D eigenvalue weighted by Gasteiger charge is -2.38. The van der Waals surface area contributed by atoms with Gasteiger partial charge in [-0.3, -0.25) is 4.90 Å². The molecule has 2 rings (SSSR count). The van der Waals surface area contributed by atoms with E-state index >= 15 is 0 Å². The predicted octanol–water partition coefficient (Wildman–Crippen LogP) is 1.44. The lowest BCUT2D eigenvalue weighted by molar-refractivity contribution is -0.141. The summed E-state index contributed by atoms with van der Waals surface area (Å²) in [6.07, 6.45) is 3.24. The quantitative estimate of drug-likeness (QED) is 0.814. The van der Waals surface area contributed by atoms with Gasteiger partial charge in [0.05, 0.1) is 5.37 Å². The van der Waals surface area contributed by atoms with Crippen molar-refractivity contribution in [2.45, 2.75) is 43.6 Å². The highest BCUT2D eigenvalue weighted by Crippen LogP contribution is 2.32. The Morgan fingerprint density at radius 3 is 2.53 bits per heavy atom. The van der Waals surface area contributed by atoms with Gasteiger partial charge in [-0.2, -0.15) is 0 Å². The van der Waals surface area contributed by atoms with E-state index in [9.17, 15) is 9.59 Å². The van der Waals surface area contributed by atoms with Crippen molar-refractivity contribution in [2.75, 3.05) is 12.8 Å². The smallest absolute Gasteiger partial charge is 0.327 e. The van der Waals surface area contributed by atoms with Gasteiger partial charge in [0.2, 0.25) is 0 Å². The Hall–Kier alpha value is -0.910. The highest BCUT2D eigenvalue weighted by atomic mass is 32.2. The van der Waals surface area contributed by atoms with Crippen LogP contribution in [-0.4, -0.2) is 57.2 Å². The van der Waals surface area contributed by atoms with Gasteiger partial charge in [-0.25, -0.2) is 9.59 Å². The largest absolute Gasteiger partial charge is 0.480 e. The molecule has 0 aromatic rings. The molecule has 0 spiro atoms. The second-order valence-corrected chi connectivity index (χ2v) is 6.02. The fourth-order valence-corrected chi connectivity index (χ4v) is 3.40. The van der Waals surface area contributed by atoms with E-state index in [-0.39, 0.29) is 11.4 Å². The number of carboxylic acid groups (broad SMARTS) is 1. The Bertz CT molecular complexity index is 333. The van der Waals surface area contributed by atoms with Gasteiger partial charge < -0.3 is 10.0 Å². The summed E-state index contributed by atoms with van der Waals surface area (Å²) in [5.41, 5.74) is 0. The number of carbonyl (C=O) groups is 2. The highest BCUT2D eigenvalue weighted by molar-refractivity contribution is 8.00. The summed E-state index contributed by atoms with van der Waals surface area (Å²) in [5, 5.41) is 9.07. The molecular formula is C11H18N2O3S. The molecule has 1 saturated carbocycles. The minimum atomic E-state index is -0.905. The Morgan fingerprint density at radius 2 is 2.06 bits per heavy atom. The molecular weight excluding hydrogens is 240 g/mol. The van der Waals surface area contributed by atoms with E-state index in [0.717, 1.165) is 19.3 Å². The van der Waals surface area contributed by atoms with Gasteiger partial charge in [0.1, 0.15) is 6.04 Å². The van der Waals surface area contributed by atoms with Gasteiger partial charge in [-0.15, -0.1) is 11.8 Å². The minimum absolute atomic E-state index is 0.0499. The molecule has 2 aliphatic rings. The number of hydrogen-bond donors (Lipinski definition) is 1. The molecule has 2 atom stereocenters. The van der Waals surface area contributed by atoms with Crippen LogP contribution >= 0.6 is 11.8 Å². The molecule has 1 N–H and O–H groups in total. The van der Waals surface area contributed by atoms with Gasteiger partial charge in [-0.1, -0.05) is 0 Å². The van der Waals surface area contributed by atoms with Crippen LogP contribution in [0.1, 0.15) is 26.2 Å². The van der Waals surface area contributed by atoms with Crippen molar-refractivity contribution in [1.82, 2.24) is 9.80 Å². The van der Waals surface area contributed by atoms with Crippen molar-refractivity contribution < 1.29 is 14.7 Å².